The van der Waals surface area contributed by atoms with Crippen LogP contribution in [0.15, 0.2) is 100.0 Å². The fraction of sp³-hybridized carbons (Fsp3) is 0. The van der Waals surface area contributed by atoms with Gasteiger partial charge in [-0.15, -0.1) is 0 Å². The van der Waals surface area contributed by atoms with Crippen molar-refractivity contribution < 1.29 is 13.6 Å². The Morgan fingerprint density at radius 3 is 2.50 bits per heavy atom. The maximum atomic E-state index is 12.2. The molecule has 8 heteroatoms. The number of furan rings is 1. The number of hydrogen-bond donors (Lipinski definition) is 2. The van der Waals surface area contributed by atoms with Crippen LogP contribution in [0.3, 0.4) is 0 Å². The van der Waals surface area contributed by atoms with Crippen molar-refractivity contribution in [1.29, 1.82) is 0 Å². The fourth-order valence-electron chi connectivity index (χ4n) is 3.26. The first-order valence-corrected chi connectivity index (χ1v) is 10.8. The second-order valence-corrected chi connectivity index (χ2v) is 7.67. The summed E-state index contributed by atoms with van der Waals surface area (Å²) in [7, 11) is 0. The van der Waals surface area contributed by atoms with Crippen molar-refractivity contribution in [3.8, 4) is 22.8 Å². The number of thiocarbonyl (C=S) groups is 1. The second-order valence-electron chi connectivity index (χ2n) is 7.27. The minimum atomic E-state index is -0.370. The number of fused-ring (bicyclic) bond motifs is 1. The van der Waals surface area contributed by atoms with E-state index in [0.717, 1.165) is 16.9 Å². The summed E-state index contributed by atoms with van der Waals surface area (Å²) in [6.45, 7) is 0. The van der Waals surface area contributed by atoms with Crippen molar-refractivity contribution >= 4 is 46.2 Å². The molecule has 0 bridgehead atoms. The molecule has 0 aliphatic rings. The van der Waals surface area contributed by atoms with Gasteiger partial charge in [-0.3, -0.25) is 10.1 Å². The van der Waals surface area contributed by atoms with Gasteiger partial charge in [0, 0.05) is 29.1 Å². The fourth-order valence-corrected chi connectivity index (χ4v) is 3.48. The van der Waals surface area contributed by atoms with Crippen molar-refractivity contribution in [1.82, 2.24) is 15.3 Å². The van der Waals surface area contributed by atoms with Crippen LogP contribution in [0.2, 0.25) is 0 Å². The molecule has 2 N–H and O–H groups in total. The summed E-state index contributed by atoms with van der Waals surface area (Å²) in [4.78, 5) is 20.8. The molecule has 0 spiro atoms. The van der Waals surface area contributed by atoms with E-state index in [9.17, 15) is 4.79 Å². The zero-order valence-electron chi connectivity index (χ0n) is 17.8. The van der Waals surface area contributed by atoms with Crippen molar-refractivity contribution in [2.75, 3.05) is 5.32 Å². The summed E-state index contributed by atoms with van der Waals surface area (Å²) in [6, 6.07) is 24.3. The first-order valence-electron chi connectivity index (χ1n) is 10.4. The number of nitrogens with one attached hydrogen (secondary N) is 2. The van der Waals surface area contributed by atoms with Crippen LogP contribution in [0, 0.1) is 0 Å². The van der Waals surface area contributed by atoms with E-state index in [1.54, 1.807) is 24.4 Å². The predicted octanol–water partition coefficient (Wildman–Crippen LogP) is 5.68. The summed E-state index contributed by atoms with van der Waals surface area (Å²) >= 11 is 5.24. The van der Waals surface area contributed by atoms with Crippen molar-refractivity contribution in [3.05, 3.63) is 96.9 Å². The van der Waals surface area contributed by atoms with Crippen molar-refractivity contribution in [2.24, 2.45) is 0 Å². The zero-order valence-corrected chi connectivity index (χ0v) is 18.6. The molecule has 1 amide bonds. The third kappa shape index (κ3) is 4.92. The smallest absolute Gasteiger partial charge is 0.250 e. The predicted molar refractivity (Wildman–Crippen MR) is 135 cm³/mol. The summed E-state index contributed by atoms with van der Waals surface area (Å²) in [6.07, 6.45) is 4.63. The third-order valence-electron chi connectivity index (χ3n) is 4.88. The molecule has 2 aromatic carbocycles. The molecule has 0 saturated carbocycles. The number of nitrogens with zero attached hydrogens (tertiary/aromatic N) is 2. The molecular formula is C26H18N4O3S. The largest absolute Gasteiger partial charge is 0.457 e. The van der Waals surface area contributed by atoms with E-state index in [1.165, 1.54) is 6.08 Å². The van der Waals surface area contributed by atoms with Gasteiger partial charge in [-0.25, -0.2) is 4.98 Å². The average molecular weight is 467 g/mol. The van der Waals surface area contributed by atoms with E-state index < -0.39 is 0 Å². The minimum absolute atomic E-state index is 0.179. The standard InChI is InChI=1S/C26H18N4O3S/c31-23(15-13-20-12-14-21(32-20)17-5-2-1-3-6-17)29-26(34)28-19-10-8-18(9-11-19)25-30-24-22(33-25)7-4-16-27-24/h1-16H,(H2,28,29,31,34)/b15-13+. The van der Waals surface area contributed by atoms with Gasteiger partial charge in [-0.2, -0.15) is 4.98 Å². The average Bonchev–Trinajstić information content (AvgIpc) is 3.51. The van der Waals surface area contributed by atoms with E-state index in [-0.39, 0.29) is 11.0 Å². The molecular weight excluding hydrogens is 448 g/mol. The van der Waals surface area contributed by atoms with Gasteiger partial charge < -0.3 is 14.2 Å². The molecule has 166 valence electrons. The number of carbonyl (C=O) groups is 1. The van der Waals surface area contributed by atoms with Crippen LogP contribution in [0.4, 0.5) is 5.69 Å². The Hall–Kier alpha value is -4.56. The highest BCUT2D eigenvalue weighted by Gasteiger charge is 2.09. The zero-order chi connectivity index (χ0) is 23.3. The Labute approximate surface area is 200 Å². The normalized spacial score (nSPS) is 11.1. The first kappa shape index (κ1) is 21.3. The van der Waals surface area contributed by atoms with Gasteiger partial charge in [0.15, 0.2) is 16.3 Å². The molecule has 5 rings (SSSR count). The molecule has 3 heterocycles. The van der Waals surface area contributed by atoms with Gasteiger partial charge >= 0.3 is 0 Å². The van der Waals surface area contributed by atoms with Gasteiger partial charge in [-0.1, -0.05) is 30.3 Å². The minimum Gasteiger partial charge on any atom is -0.457 e. The van der Waals surface area contributed by atoms with Crippen LogP contribution >= 0.6 is 12.2 Å². The van der Waals surface area contributed by atoms with Gasteiger partial charge in [0.2, 0.25) is 11.8 Å². The molecule has 0 aliphatic heterocycles. The quantitative estimate of drug-likeness (QED) is 0.254. The molecule has 34 heavy (non-hydrogen) atoms. The molecule has 0 unspecified atom stereocenters. The lowest BCUT2D eigenvalue weighted by Gasteiger charge is -2.08. The number of rotatable bonds is 5. The van der Waals surface area contributed by atoms with Crippen LogP contribution in [-0.2, 0) is 4.79 Å². The second kappa shape index (κ2) is 9.51. The SMILES string of the molecule is O=C(/C=C/c1ccc(-c2ccccc2)o1)NC(=S)Nc1ccc(-c2nc3ncccc3o2)cc1. The van der Waals surface area contributed by atoms with Crippen molar-refractivity contribution in [2.45, 2.75) is 0 Å². The van der Waals surface area contributed by atoms with Crippen molar-refractivity contribution in [3.63, 3.8) is 0 Å². The van der Waals surface area contributed by atoms with Crippen LogP contribution in [-0.4, -0.2) is 21.0 Å². The lowest BCUT2D eigenvalue weighted by Crippen LogP contribution is -2.32. The topological polar surface area (TPSA) is 93.2 Å². The summed E-state index contributed by atoms with van der Waals surface area (Å²) in [5.74, 6) is 1.41. The van der Waals surface area contributed by atoms with Crippen LogP contribution in [0.5, 0.6) is 0 Å². The maximum Gasteiger partial charge on any atom is 0.250 e. The Balaban J connectivity index is 1.16. The summed E-state index contributed by atoms with van der Waals surface area (Å²) in [5, 5.41) is 5.77. The van der Waals surface area contributed by atoms with Crippen LogP contribution in [0.25, 0.3) is 40.1 Å². The van der Waals surface area contributed by atoms with Gasteiger partial charge in [0.05, 0.1) is 0 Å². The molecule has 0 aliphatic carbocycles. The number of carbonyl (C=O) groups excluding carboxylic acids is 1. The highest BCUT2D eigenvalue weighted by Crippen LogP contribution is 2.24. The Kier molecular flexibility index (Phi) is 5.96. The van der Waals surface area contributed by atoms with Gasteiger partial charge in [-0.05, 0) is 66.8 Å². The van der Waals surface area contributed by atoms with E-state index in [4.69, 9.17) is 21.1 Å². The van der Waals surface area contributed by atoms with Gasteiger partial charge in [0.1, 0.15) is 11.5 Å². The Morgan fingerprint density at radius 1 is 0.882 bits per heavy atom. The van der Waals surface area contributed by atoms with Gasteiger partial charge in [0.25, 0.3) is 0 Å². The molecule has 0 fully saturated rings. The Morgan fingerprint density at radius 2 is 1.71 bits per heavy atom. The van der Waals surface area contributed by atoms with E-state index >= 15 is 0 Å². The number of oxazole rings is 1. The van der Waals surface area contributed by atoms with E-state index in [2.05, 4.69) is 20.6 Å². The number of amides is 1. The summed E-state index contributed by atoms with van der Waals surface area (Å²) < 4.78 is 11.5. The molecule has 3 aromatic heterocycles. The van der Waals surface area contributed by atoms with Crippen LogP contribution < -0.4 is 10.6 Å². The number of anilines is 1. The molecule has 0 radical (unpaired) electrons. The molecule has 0 atom stereocenters. The molecule has 7 nitrogen and oxygen atoms in total. The number of hydrogen-bond acceptors (Lipinski definition) is 6. The third-order valence-corrected chi connectivity index (χ3v) is 5.08. The lowest BCUT2D eigenvalue weighted by atomic mass is 10.2. The highest BCUT2D eigenvalue weighted by molar-refractivity contribution is 7.80. The molecule has 5 aromatic rings. The number of pyridine rings is 1. The number of aromatic nitrogens is 2. The number of benzene rings is 2. The Bertz CT molecular complexity index is 1450. The lowest BCUT2D eigenvalue weighted by molar-refractivity contribution is -0.115. The van der Waals surface area contributed by atoms with E-state index in [0.29, 0.717) is 28.6 Å². The van der Waals surface area contributed by atoms with E-state index in [1.807, 2.05) is 66.7 Å². The molecule has 0 saturated heterocycles. The maximum absolute atomic E-state index is 12.2. The highest BCUT2D eigenvalue weighted by atomic mass is 32.1. The summed E-state index contributed by atoms with van der Waals surface area (Å²) in [5.41, 5.74) is 3.67. The monoisotopic (exact) mass is 466 g/mol. The van der Waals surface area contributed by atoms with Crippen LogP contribution in [0.1, 0.15) is 5.76 Å². The first-order chi connectivity index (χ1) is 16.6.